The molecule has 0 atom stereocenters. The number of pyridine rings is 1. The van der Waals surface area contributed by atoms with E-state index in [0.717, 1.165) is 33.6 Å². The molecule has 0 aromatic carbocycles. The number of carboxylic acid groups (broad SMARTS) is 1. The number of rotatable bonds is 8. The highest BCUT2D eigenvalue weighted by molar-refractivity contribution is 7.97. The van der Waals surface area contributed by atoms with E-state index in [4.69, 9.17) is 5.11 Å². The number of nitrogens with zero attached hydrogens (tertiary/aromatic N) is 3. The van der Waals surface area contributed by atoms with Crippen molar-refractivity contribution in [2.45, 2.75) is 19.9 Å². The summed E-state index contributed by atoms with van der Waals surface area (Å²) in [5, 5.41) is 10.1. The van der Waals surface area contributed by atoms with E-state index in [9.17, 15) is 4.79 Å². The second-order valence-corrected chi connectivity index (χ2v) is 7.54. The van der Waals surface area contributed by atoms with Crippen molar-refractivity contribution in [1.82, 2.24) is 13.5 Å². The molecule has 0 aliphatic carbocycles. The molecule has 7 heteroatoms. The van der Waals surface area contributed by atoms with E-state index in [1.54, 1.807) is 22.7 Å². The van der Waals surface area contributed by atoms with Gasteiger partial charge in [-0.05, 0) is 48.4 Å². The van der Waals surface area contributed by atoms with E-state index < -0.39 is 5.97 Å². The number of hydrogen-bond acceptors (Lipinski definition) is 4. The zero-order valence-electron chi connectivity index (χ0n) is 14.9. The van der Waals surface area contributed by atoms with Crippen LogP contribution in [0.4, 0.5) is 0 Å². The first kappa shape index (κ1) is 19.4. The molecule has 0 unspecified atom stereocenters. The lowest BCUT2D eigenvalue weighted by Gasteiger charge is -1.98. The van der Waals surface area contributed by atoms with Crippen LogP contribution in [0.5, 0.6) is 0 Å². The number of carbonyl (C=O) groups is 1. The van der Waals surface area contributed by atoms with Crippen LogP contribution in [0, 0.1) is 0 Å². The molecule has 3 aromatic heterocycles. The molecule has 0 saturated carbocycles. The van der Waals surface area contributed by atoms with Crippen molar-refractivity contribution in [3.63, 3.8) is 0 Å². The maximum absolute atomic E-state index is 11.1. The van der Waals surface area contributed by atoms with Crippen LogP contribution in [0.25, 0.3) is 22.2 Å². The fourth-order valence-electron chi connectivity index (χ4n) is 2.75. The third kappa shape index (κ3) is 4.87. The normalized spacial score (nSPS) is 12.3. The number of hydrogen-bond donors (Lipinski definition) is 2. The lowest BCUT2D eigenvalue weighted by Crippen LogP contribution is -2.07. The Bertz CT molecular complexity index is 1000. The molecule has 0 aliphatic rings. The lowest BCUT2D eigenvalue weighted by molar-refractivity contribution is -0.137. The minimum Gasteiger partial charge on any atom is -0.480 e. The van der Waals surface area contributed by atoms with Gasteiger partial charge in [0.15, 0.2) is 0 Å². The highest BCUT2D eigenvalue weighted by atomic mass is 32.2. The van der Waals surface area contributed by atoms with Gasteiger partial charge >= 0.3 is 5.97 Å². The van der Waals surface area contributed by atoms with Crippen molar-refractivity contribution in [1.29, 1.82) is 0 Å². The van der Waals surface area contributed by atoms with Gasteiger partial charge in [-0.2, -0.15) is 0 Å². The monoisotopic (exact) mass is 399 g/mol. The van der Waals surface area contributed by atoms with Crippen LogP contribution in [0.15, 0.2) is 66.1 Å². The number of carboxylic acids is 1. The van der Waals surface area contributed by atoms with Gasteiger partial charge in [-0.1, -0.05) is 18.2 Å². The molecule has 0 aliphatic heterocycles. The predicted molar refractivity (Wildman–Crippen MR) is 115 cm³/mol. The molecule has 0 spiro atoms. The largest absolute Gasteiger partial charge is 0.480 e. The van der Waals surface area contributed by atoms with Crippen LogP contribution in [0.1, 0.15) is 13.3 Å². The summed E-state index contributed by atoms with van der Waals surface area (Å²) in [5.74, 6) is -0.0207. The van der Waals surface area contributed by atoms with E-state index in [1.807, 2.05) is 43.6 Å². The summed E-state index contributed by atoms with van der Waals surface area (Å²) in [6, 6.07) is 5.88. The first-order valence-electron chi connectivity index (χ1n) is 8.55. The summed E-state index contributed by atoms with van der Waals surface area (Å²) in [4.78, 5) is 16.5. The minimum absolute atomic E-state index is 0.104. The van der Waals surface area contributed by atoms with Crippen molar-refractivity contribution < 1.29 is 9.90 Å². The van der Waals surface area contributed by atoms with Crippen molar-refractivity contribution >= 4 is 41.6 Å². The Labute approximate surface area is 168 Å². The second-order valence-electron chi connectivity index (χ2n) is 5.95. The zero-order valence-corrected chi connectivity index (χ0v) is 16.7. The Morgan fingerprint density at radius 2 is 2.19 bits per heavy atom. The van der Waals surface area contributed by atoms with Gasteiger partial charge in [0.25, 0.3) is 0 Å². The quantitative estimate of drug-likeness (QED) is 0.419. The van der Waals surface area contributed by atoms with Gasteiger partial charge in [-0.3, -0.25) is 8.77 Å². The molecule has 140 valence electrons. The number of aromatic nitrogens is 3. The molecule has 3 rings (SSSR count). The maximum Gasteiger partial charge on any atom is 0.323 e. The van der Waals surface area contributed by atoms with Gasteiger partial charge in [0.1, 0.15) is 12.2 Å². The Morgan fingerprint density at radius 1 is 1.33 bits per heavy atom. The van der Waals surface area contributed by atoms with Gasteiger partial charge in [-0.15, -0.1) is 12.6 Å². The van der Waals surface area contributed by atoms with E-state index in [1.165, 1.54) is 0 Å². The van der Waals surface area contributed by atoms with Crippen LogP contribution in [-0.4, -0.2) is 30.4 Å². The molecule has 3 aromatic rings. The van der Waals surface area contributed by atoms with Crippen molar-refractivity contribution in [2.75, 3.05) is 5.75 Å². The Balaban J connectivity index is 1.75. The first-order valence-corrected chi connectivity index (χ1v) is 9.94. The highest BCUT2D eigenvalue weighted by Gasteiger charge is 2.13. The minimum atomic E-state index is -0.883. The summed E-state index contributed by atoms with van der Waals surface area (Å²) < 4.78 is 3.74. The SMILES string of the molecule is C/C=C(/S)C/C=C\CSn1ccc(-c2cn(CC(=O)O)c3ncccc23)c1. The van der Waals surface area contributed by atoms with Crippen molar-refractivity contribution in [2.24, 2.45) is 0 Å². The molecule has 0 fully saturated rings. The maximum atomic E-state index is 11.1. The third-order valence-corrected chi connectivity index (χ3v) is 5.37. The van der Waals surface area contributed by atoms with Crippen LogP contribution in [0.2, 0.25) is 0 Å². The van der Waals surface area contributed by atoms with Gasteiger partial charge in [0, 0.05) is 47.1 Å². The predicted octanol–water partition coefficient (Wildman–Crippen LogP) is 4.87. The molecule has 27 heavy (non-hydrogen) atoms. The van der Waals surface area contributed by atoms with Gasteiger partial charge in [-0.25, -0.2) is 4.98 Å². The summed E-state index contributed by atoms with van der Waals surface area (Å²) >= 11 is 6.04. The number of allylic oxidation sites excluding steroid dienone is 3. The molecule has 0 saturated heterocycles. The topological polar surface area (TPSA) is 60.0 Å². The standard InChI is InChI=1S/C20H21N3O2S2/c1-2-16(26)6-3-4-11-27-23-10-8-15(12-23)18-13-22(14-19(24)25)20-17(18)7-5-9-21-20/h2-5,7-10,12-13,26H,6,11,14H2,1H3,(H,24,25)/b4-3-,16-2+. The first-order chi connectivity index (χ1) is 13.1. The van der Waals surface area contributed by atoms with E-state index in [2.05, 4.69) is 39.9 Å². The summed E-state index contributed by atoms with van der Waals surface area (Å²) in [6.07, 6.45) is 14.7. The van der Waals surface area contributed by atoms with E-state index in [-0.39, 0.29) is 6.54 Å². The van der Waals surface area contributed by atoms with Crippen molar-refractivity contribution in [3.05, 3.63) is 66.1 Å². The van der Waals surface area contributed by atoms with Crippen molar-refractivity contribution in [3.8, 4) is 11.1 Å². The lowest BCUT2D eigenvalue weighted by atomic mass is 10.1. The van der Waals surface area contributed by atoms with Gasteiger partial charge in [0.2, 0.25) is 0 Å². The summed E-state index contributed by atoms with van der Waals surface area (Å²) in [6.45, 7) is 1.88. The molecule has 0 radical (unpaired) electrons. The average Bonchev–Trinajstić information content (AvgIpc) is 3.26. The third-order valence-electron chi connectivity index (χ3n) is 4.06. The molecule has 5 nitrogen and oxygen atoms in total. The van der Waals surface area contributed by atoms with E-state index >= 15 is 0 Å². The fraction of sp³-hybridized carbons (Fsp3) is 0.200. The van der Waals surface area contributed by atoms with Crippen LogP contribution in [0.3, 0.4) is 0 Å². The summed E-state index contributed by atoms with van der Waals surface area (Å²) in [7, 11) is 0. The number of aliphatic carboxylic acids is 1. The molecular formula is C20H21N3O2S2. The van der Waals surface area contributed by atoms with Crippen LogP contribution in [-0.2, 0) is 11.3 Å². The molecule has 0 bridgehead atoms. The fourth-order valence-corrected chi connectivity index (χ4v) is 3.59. The smallest absolute Gasteiger partial charge is 0.323 e. The Hall–Kier alpha value is -2.38. The van der Waals surface area contributed by atoms with Crippen LogP contribution < -0.4 is 0 Å². The second kappa shape index (κ2) is 9.01. The Kier molecular flexibility index (Phi) is 6.47. The summed E-state index contributed by atoms with van der Waals surface area (Å²) in [5.41, 5.74) is 2.71. The van der Waals surface area contributed by atoms with Crippen LogP contribution >= 0.6 is 24.6 Å². The Morgan fingerprint density at radius 3 is 2.96 bits per heavy atom. The van der Waals surface area contributed by atoms with Gasteiger partial charge < -0.3 is 9.67 Å². The van der Waals surface area contributed by atoms with E-state index in [0.29, 0.717) is 5.65 Å². The number of thiol groups is 1. The molecule has 0 amide bonds. The van der Waals surface area contributed by atoms with Gasteiger partial charge in [0.05, 0.1) is 0 Å². The number of fused-ring (bicyclic) bond motifs is 1. The highest BCUT2D eigenvalue weighted by Crippen LogP contribution is 2.30. The average molecular weight is 400 g/mol. The molecular weight excluding hydrogens is 378 g/mol. The zero-order chi connectivity index (χ0) is 19.2. The molecule has 3 heterocycles. The molecule has 1 N–H and O–H groups in total.